The topological polar surface area (TPSA) is 41.5 Å². The van der Waals surface area contributed by atoms with E-state index in [4.69, 9.17) is 16.3 Å². The Labute approximate surface area is 101 Å². The zero-order valence-corrected chi connectivity index (χ0v) is 10.2. The summed E-state index contributed by atoms with van der Waals surface area (Å²) < 4.78 is 5.41. The highest BCUT2D eigenvalue weighted by Gasteiger charge is 2.06. The van der Waals surface area contributed by atoms with Crippen LogP contribution in [0, 0.1) is 0 Å². The fourth-order valence-corrected chi connectivity index (χ4v) is 1.44. The smallest absolute Gasteiger partial charge is 0.138 e. The van der Waals surface area contributed by atoms with Gasteiger partial charge in [-0.15, -0.1) is 0 Å². The van der Waals surface area contributed by atoms with Gasteiger partial charge in [-0.3, -0.25) is 0 Å². The quantitative estimate of drug-likeness (QED) is 0.721. The predicted octanol–water partition coefficient (Wildman–Crippen LogP) is 2.08. The zero-order chi connectivity index (χ0) is 11.8. The SMILES string of the molecule is CCCNCC(O)COc1ccccc1Cl. The van der Waals surface area contributed by atoms with Crippen molar-refractivity contribution in [2.75, 3.05) is 19.7 Å². The van der Waals surface area contributed by atoms with E-state index in [0.29, 0.717) is 17.3 Å². The number of aliphatic hydroxyl groups is 1. The van der Waals surface area contributed by atoms with Crippen molar-refractivity contribution in [2.45, 2.75) is 19.4 Å². The van der Waals surface area contributed by atoms with E-state index < -0.39 is 6.10 Å². The highest BCUT2D eigenvalue weighted by atomic mass is 35.5. The summed E-state index contributed by atoms with van der Waals surface area (Å²) in [5, 5.41) is 13.3. The van der Waals surface area contributed by atoms with Crippen molar-refractivity contribution in [2.24, 2.45) is 0 Å². The van der Waals surface area contributed by atoms with Crippen LogP contribution in [0.1, 0.15) is 13.3 Å². The van der Waals surface area contributed by atoms with Crippen LogP contribution in [0.2, 0.25) is 5.02 Å². The first kappa shape index (κ1) is 13.3. The third-order valence-electron chi connectivity index (χ3n) is 2.07. The Morgan fingerprint density at radius 2 is 2.19 bits per heavy atom. The van der Waals surface area contributed by atoms with E-state index in [1.54, 1.807) is 12.1 Å². The number of benzene rings is 1. The number of halogens is 1. The Kier molecular flexibility index (Phi) is 6.23. The fraction of sp³-hybridized carbons (Fsp3) is 0.500. The molecule has 0 saturated heterocycles. The number of rotatable bonds is 7. The largest absolute Gasteiger partial charge is 0.489 e. The molecule has 0 aromatic heterocycles. The van der Waals surface area contributed by atoms with Gasteiger partial charge in [-0.2, -0.15) is 0 Å². The molecule has 4 heteroatoms. The highest BCUT2D eigenvalue weighted by molar-refractivity contribution is 6.32. The molecule has 16 heavy (non-hydrogen) atoms. The Bertz CT molecular complexity index is 307. The van der Waals surface area contributed by atoms with Crippen LogP contribution in [0.15, 0.2) is 24.3 Å². The summed E-state index contributed by atoms with van der Waals surface area (Å²) in [5.41, 5.74) is 0. The number of nitrogens with one attached hydrogen (secondary N) is 1. The maximum atomic E-state index is 9.60. The van der Waals surface area contributed by atoms with Crippen molar-refractivity contribution >= 4 is 11.6 Å². The number of hydrogen-bond acceptors (Lipinski definition) is 3. The molecule has 1 atom stereocenters. The molecule has 1 unspecified atom stereocenters. The van der Waals surface area contributed by atoms with Crippen LogP contribution < -0.4 is 10.1 Å². The molecule has 0 radical (unpaired) electrons. The van der Waals surface area contributed by atoms with Gasteiger partial charge in [-0.25, -0.2) is 0 Å². The van der Waals surface area contributed by atoms with Crippen LogP contribution in [0.4, 0.5) is 0 Å². The Balaban J connectivity index is 2.26. The van der Waals surface area contributed by atoms with E-state index in [1.165, 1.54) is 0 Å². The summed E-state index contributed by atoms with van der Waals surface area (Å²) in [6, 6.07) is 7.24. The summed E-state index contributed by atoms with van der Waals surface area (Å²) in [4.78, 5) is 0. The minimum atomic E-state index is -0.511. The summed E-state index contributed by atoms with van der Waals surface area (Å²) >= 11 is 5.91. The van der Waals surface area contributed by atoms with Crippen LogP contribution in [-0.2, 0) is 0 Å². The Morgan fingerprint density at radius 3 is 2.88 bits per heavy atom. The molecule has 1 aromatic rings. The maximum Gasteiger partial charge on any atom is 0.138 e. The van der Waals surface area contributed by atoms with Gasteiger partial charge in [0.2, 0.25) is 0 Å². The lowest BCUT2D eigenvalue weighted by atomic mass is 10.3. The third kappa shape index (κ3) is 4.84. The van der Waals surface area contributed by atoms with Gasteiger partial charge in [0.15, 0.2) is 0 Å². The van der Waals surface area contributed by atoms with Gasteiger partial charge in [0.1, 0.15) is 18.5 Å². The molecular weight excluding hydrogens is 226 g/mol. The summed E-state index contributed by atoms with van der Waals surface area (Å²) in [7, 11) is 0. The minimum Gasteiger partial charge on any atom is -0.489 e. The normalized spacial score (nSPS) is 12.4. The second kappa shape index (κ2) is 7.49. The number of hydrogen-bond donors (Lipinski definition) is 2. The molecule has 0 aliphatic carbocycles. The highest BCUT2D eigenvalue weighted by Crippen LogP contribution is 2.22. The van der Waals surface area contributed by atoms with E-state index in [9.17, 15) is 5.11 Å². The van der Waals surface area contributed by atoms with Gasteiger partial charge in [-0.05, 0) is 25.1 Å². The second-order valence-corrected chi connectivity index (χ2v) is 4.01. The summed E-state index contributed by atoms with van der Waals surface area (Å²) in [6.07, 6.45) is 0.542. The van der Waals surface area contributed by atoms with E-state index in [0.717, 1.165) is 13.0 Å². The molecule has 0 bridgehead atoms. The van der Waals surface area contributed by atoms with E-state index in [1.807, 2.05) is 12.1 Å². The lowest BCUT2D eigenvalue weighted by Gasteiger charge is -2.13. The molecule has 90 valence electrons. The molecule has 1 aromatic carbocycles. The standard InChI is InChI=1S/C12H18ClNO2/c1-2-7-14-8-10(15)9-16-12-6-4-3-5-11(12)13/h3-6,10,14-15H,2,7-9H2,1H3. The van der Waals surface area contributed by atoms with Gasteiger partial charge in [0.05, 0.1) is 5.02 Å². The predicted molar refractivity (Wildman–Crippen MR) is 66.1 cm³/mol. The minimum absolute atomic E-state index is 0.250. The van der Waals surface area contributed by atoms with Crippen molar-refractivity contribution in [1.82, 2.24) is 5.32 Å². The Hall–Kier alpha value is -0.770. The van der Waals surface area contributed by atoms with E-state index in [-0.39, 0.29) is 6.61 Å². The molecule has 0 heterocycles. The molecule has 3 nitrogen and oxygen atoms in total. The van der Waals surface area contributed by atoms with Gasteiger partial charge in [0, 0.05) is 6.54 Å². The average Bonchev–Trinajstić information content (AvgIpc) is 2.28. The number of para-hydroxylation sites is 1. The fourth-order valence-electron chi connectivity index (χ4n) is 1.25. The third-order valence-corrected chi connectivity index (χ3v) is 2.39. The first-order valence-electron chi connectivity index (χ1n) is 5.50. The monoisotopic (exact) mass is 243 g/mol. The molecular formula is C12H18ClNO2. The van der Waals surface area contributed by atoms with Gasteiger partial charge >= 0.3 is 0 Å². The molecule has 1 rings (SSSR count). The first-order valence-corrected chi connectivity index (χ1v) is 5.88. The zero-order valence-electron chi connectivity index (χ0n) is 9.45. The summed E-state index contributed by atoms with van der Waals surface area (Å²) in [5.74, 6) is 0.610. The van der Waals surface area contributed by atoms with Crippen LogP contribution in [0.25, 0.3) is 0 Å². The average molecular weight is 244 g/mol. The van der Waals surface area contributed by atoms with Crippen molar-refractivity contribution in [3.05, 3.63) is 29.3 Å². The lowest BCUT2D eigenvalue weighted by Crippen LogP contribution is -2.31. The van der Waals surface area contributed by atoms with Gasteiger partial charge in [-0.1, -0.05) is 30.7 Å². The van der Waals surface area contributed by atoms with E-state index in [2.05, 4.69) is 12.2 Å². The number of ether oxygens (including phenoxy) is 1. The van der Waals surface area contributed by atoms with Gasteiger partial charge in [0.25, 0.3) is 0 Å². The van der Waals surface area contributed by atoms with Crippen LogP contribution in [-0.4, -0.2) is 30.9 Å². The molecule has 0 saturated carbocycles. The molecule has 0 fully saturated rings. The van der Waals surface area contributed by atoms with Gasteiger partial charge < -0.3 is 15.2 Å². The van der Waals surface area contributed by atoms with Crippen LogP contribution in [0.3, 0.4) is 0 Å². The lowest BCUT2D eigenvalue weighted by molar-refractivity contribution is 0.106. The molecule has 0 aliphatic rings. The van der Waals surface area contributed by atoms with Crippen molar-refractivity contribution < 1.29 is 9.84 Å². The van der Waals surface area contributed by atoms with E-state index >= 15 is 0 Å². The molecule has 0 aliphatic heterocycles. The second-order valence-electron chi connectivity index (χ2n) is 3.60. The first-order chi connectivity index (χ1) is 7.74. The molecule has 2 N–H and O–H groups in total. The molecule has 0 amide bonds. The van der Waals surface area contributed by atoms with Crippen molar-refractivity contribution in [3.8, 4) is 5.75 Å². The van der Waals surface area contributed by atoms with Crippen LogP contribution in [0.5, 0.6) is 5.75 Å². The Morgan fingerprint density at radius 1 is 1.44 bits per heavy atom. The summed E-state index contributed by atoms with van der Waals surface area (Å²) in [6.45, 7) is 3.78. The van der Waals surface area contributed by atoms with Crippen molar-refractivity contribution in [1.29, 1.82) is 0 Å². The molecule has 0 spiro atoms. The maximum absolute atomic E-state index is 9.60. The van der Waals surface area contributed by atoms with Crippen molar-refractivity contribution in [3.63, 3.8) is 0 Å². The number of aliphatic hydroxyl groups excluding tert-OH is 1. The van der Waals surface area contributed by atoms with Crippen LogP contribution >= 0.6 is 11.6 Å².